The van der Waals surface area contributed by atoms with Gasteiger partial charge in [-0.3, -0.25) is 4.79 Å². The molecule has 2 N–H and O–H groups in total. The second-order valence-electron chi connectivity index (χ2n) is 6.94. The van der Waals surface area contributed by atoms with Crippen molar-refractivity contribution >= 4 is 18.3 Å². The molecule has 2 aromatic rings. The number of halogens is 2. The van der Waals surface area contributed by atoms with E-state index < -0.39 is 5.82 Å². The minimum Gasteiger partial charge on any atom is -0.497 e. The molecule has 2 aromatic carbocycles. The molecule has 1 aliphatic rings. The quantitative estimate of drug-likeness (QED) is 0.851. The van der Waals surface area contributed by atoms with Gasteiger partial charge < -0.3 is 15.4 Å². The van der Waals surface area contributed by atoms with Gasteiger partial charge in [0.05, 0.1) is 12.7 Å². The molecular weight excluding hydrogens is 367 g/mol. The number of amides is 1. The van der Waals surface area contributed by atoms with Crippen molar-refractivity contribution in [3.05, 3.63) is 53.8 Å². The van der Waals surface area contributed by atoms with Gasteiger partial charge in [-0.05, 0) is 61.1 Å². The number of carbonyl (C=O) groups is 1. The number of ether oxygens (including phenoxy) is 1. The molecule has 1 aliphatic heterocycles. The number of piperidine rings is 1. The van der Waals surface area contributed by atoms with Crippen LogP contribution in [0.15, 0.2) is 42.5 Å². The third kappa shape index (κ3) is 4.79. The van der Waals surface area contributed by atoms with Crippen molar-refractivity contribution in [2.24, 2.45) is 11.7 Å². The molecule has 4 nitrogen and oxygen atoms in total. The predicted molar refractivity (Wildman–Crippen MR) is 108 cm³/mol. The summed E-state index contributed by atoms with van der Waals surface area (Å²) in [5.41, 5.74) is 7.70. The lowest BCUT2D eigenvalue weighted by Gasteiger charge is -2.34. The summed E-state index contributed by atoms with van der Waals surface area (Å²) in [7, 11) is 1.60. The molecule has 0 saturated carbocycles. The molecule has 0 spiro atoms. The number of benzene rings is 2. The van der Waals surface area contributed by atoms with Crippen molar-refractivity contribution in [1.82, 2.24) is 4.90 Å². The Morgan fingerprint density at radius 2 is 1.89 bits per heavy atom. The highest BCUT2D eigenvalue weighted by atomic mass is 35.5. The van der Waals surface area contributed by atoms with Crippen LogP contribution in [0, 0.1) is 11.7 Å². The summed E-state index contributed by atoms with van der Waals surface area (Å²) < 4.78 is 19.8. The summed E-state index contributed by atoms with van der Waals surface area (Å²) in [6.45, 7) is 3.21. The van der Waals surface area contributed by atoms with E-state index in [1.807, 2.05) is 31.2 Å². The van der Waals surface area contributed by atoms with Crippen molar-refractivity contribution in [3.8, 4) is 16.9 Å². The molecule has 146 valence electrons. The Hall–Kier alpha value is -2.11. The molecule has 3 rings (SSSR count). The Morgan fingerprint density at radius 1 is 1.22 bits per heavy atom. The van der Waals surface area contributed by atoms with E-state index in [4.69, 9.17) is 10.5 Å². The Bertz CT molecular complexity index is 780. The van der Waals surface area contributed by atoms with Crippen LogP contribution in [0.1, 0.15) is 30.1 Å². The summed E-state index contributed by atoms with van der Waals surface area (Å²) in [4.78, 5) is 14.5. The molecule has 1 heterocycles. The molecule has 0 bridgehead atoms. The van der Waals surface area contributed by atoms with Crippen LogP contribution in [0.2, 0.25) is 0 Å². The van der Waals surface area contributed by atoms with Crippen LogP contribution in [-0.4, -0.2) is 37.0 Å². The fraction of sp³-hybridized carbons (Fsp3) is 0.381. The Labute approximate surface area is 165 Å². The molecule has 1 fully saturated rings. The Balaban J connectivity index is 0.00000261. The van der Waals surface area contributed by atoms with E-state index in [1.54, 1.807) is 24.1 Å². The highest BCUT2D eigenvalue weighted by Gasteiger charge is 2.27. The number of nitrogens with zero attached hydrogens (tertiary/aromatic N) is 1. The number of hydrogen-bond acceptors (Lipinski definition) is 3. The zero-order valence-corrected chi connectivity index (χ0v) is 16.5. The monoisotopic (exact) mass is 392 g/mol. The molecule has 1 amide bonds. The number of carbonyl (C=O) groups excluding carboxylic acids is 1. The Morgan fingerprint density at radius 3 is 2.48 bits per heavy atom. The van der Waals surface area contributed by atoms with Crippen molar-refractivity contribution in [3.63, 3.8) is 0 Å². The molecule has 27 heavy (non-hydrogen) atoms. The van der Waals surface area contributed by atoms with Crippen LogP contribution < -0.4 is 10.5 Å². The summed E-state index contributed by atoms with van der Waals surface area (Å²) >= 11 is 0. The third-order valence-electron chi connectivity index (χ3n) is 5.11. The summed E-state index contributed by atoms with van der Waals surface area (Å²) in [6.07, 6.45) is 1.92. The summed E-state index contributed by atoms with van der Waals surface area (Å²) in [5.74, 6) is 0.268. The van der Waals surface area contributed by atoms with Crippen LogP contribution >= 0.6 is 12.4 Å². The molecular formula is C21H26ClFN2O2. The first-order chi connectivity index (χ1) is 12.5. The average Bonchev–Trinajstić information content (AvgIpc) is 2.67. The predicted octanol–water partition coefficient (Wildman–Crippen LogP) is 4.12. The first-order valence-electron chi connectivity index (χ1n) is 8.98. The molecule has 1 saturated heterocycles. The van der Waals surface area contributed by atoms with E-state index in [0.29, 0.717) is 13.1 Å². The summed E-state index contributed by atoms with van der Waals surface area (Å²) in [6, 6.07) is 12.2. The van der Waals surface area contributed by atoms with Crippen molar-refractivity contribution in [2.75, 3.05) is 20.2 Å². The first-order valence-corrected chi connectivity index (χ1v) is 8.98. The average molecular weight is 393 g/mol. The fourth-order valence-corrected chi connectivity index (χ4v) is 3.45. The second-order valence-corrected chi connectivity index (χ2v) is 6.94. The van der Waals surface area contributed by atoms with E-state index in [0.717, 1.165) is 29.7 Å². The molecule has 0 radical (unpaired) electrons. The lowest BCUT2D eigenvalue weighted by molar-refractivity contribution is 0.0656. The van der Waals surface area contributed by atoms with Crippen LogP contribution in [0.5, 0.6) is 5.75 Å². The number of nitrogens with two attached hydrogens (primary N) is 1. The third-order valence-corrected chi connectivity index (χ3v) is 5.11. The van der Waals surface area contributed by atoms with Gasteiger partial charge in [-0.25, -0.2) is 4.39 Å². The van der Waals surface area contributed by atoms with Gasteiger partial charge in [-0.15, -0.1) is 12.4 Å². The molecule has 2 atom stereocenters. The fourth-order valence-electron chi connectivity index (χ4n) is 3.45. The standard InChI is InChI=1S/C21H25FN2O2.ClH/c1-14(23)17-4-3-11-24(13-17)21(25)19-10-7-16(12-20(19)22)15-5-8-18(26-2)9-6-15;/h5-10,12,14,17H,3-4,11,13,23H2,1-2H3;1H. The topological polar surface area (TPSA) is 55.6 Å². The summed E-state index contributed by atoms with van der Waals surface area (Å²) in [5, 5.41) is 0. The van der Waals surface area contributed by atoms with E-state index in [-0.39, 0.29) is 35.8 Å². The number of likely N-dealkylation sites (tertiary alicyclic amines) is 1. The van der Waals surface area contributed by atoms with E-state index in [1.165, 1.54) is 6.07 Å². The minimum absolute atomic E-state index is 0. The molecule has 6 heteroatoms. The highest BCUT2D eigenvalue weighted by Crippen LogP contribution is 2.26. The van der Waals surface area contributed by atoms with E-state index in [2.05, 4.69) is 0 Å². The molecule has 2 unspecified atom stereocenters. The minimum atomic E-state index is -0.494. The Kier molecular flexibility index (Phi) is 7.22. The van der Waals surface area contributed by atoms with Gasteiger partial charge in [0.2, 0.25) is 0 Å². The lowest BCUT2D eigenvalue weighted by atomic mass is 9.91. The first kappa shape index (κ1) is 21.2. The van der Waals surface area contributed by atoms with Gasteiger partial charge in [-0.1, -0.05) is 18.2 Å². The lowest BCUT2D eigenvalue weighted by Crippen LogP contribution is -2.45. The smallest absolute Gasteiger partial charge is 0.256 e. The number of hydrogen-bond donors (Lipinski definition) is 1. The maximum absolute atomic E-state index is 14.6. The van der Waals surface area contributed by atoms with E-state index >= 15 is 0 Å². The van der Waals surface area contributed by atoms with Crippen molar-refractivity contribution in [2.45, 2.75) is 25.8 Å². The van der Waals surface area contributed by atoms with Crippen molar-refractivity contribution < 1.29 is 13.9 Å². The van der Waals surface area contributed by atoms with Crippen molar-refractivity contribution in [1.29, 1.82) is 0 Å². The largest absolute Gasteiger partial charge is 0.497 e. The van der Waals surface area contributed by atoms with Gasteiger partial charge in [-0.2, -0.15) is 0 Å². The van der Waals surface area contributed by atoms with Gasteiger partial charge >= 0.3 is 0 Å². The number of rotatable bonds is 4. The molecule has 0 aromatic heterocycles. The molecule has 0 aliphatic carbocycles. The van der Waals surface area contributed by atoms with Crippen LogP contribution in [0.3, 0.4) is 0 Å². The number of methoxy groups -OCH3 is 1. The van der Waals surface area contributed by atoms with E-state index in [9.17, 15) is 9.18 Å². The zero-order chi connectivity index (χ0) is 18.7. The zero-order valence-electron chi connectivity index (χ0n) is 15.7. The van der Waals surface area contributed by atoms with Crippen LogP contribution in [0.4, 0.5) is 4.39 Å². The van der Waals surface area contributed by atoms with Gasteiger partial charge in [0.25, 0.3) is 5.91 Å². The highest BCUT2D eigenvalue weighted by molar-refractivity contribution is 5.95. The van der Waals surface area contributed by atoms with Gasteiger partial charge in [0.15, 0.2) is 0 Å². The van der Waals surface area contributed by atoms with Crippen LogP contribution in [-0.2, 0) is 0 Å². The van der Waals surface area contributed by atoms with Gasteiger partial charge in [0.1, 0.15) is 11.6 Å². The normalized spacial score (nSPS) is 17.8. The van der Waals surface area contributed by atoms with Gasteiger partial charge in [0, 0.05) is 19.1 Å². The van der Waals surface area contributed by atoms with Crippen LogP contribution in [0.25, 0.3) is 11.1 Å². The maximum Gasteiger partial charge on any atom is 0.256 e. The second kappa shape index (κ2) is 9.20. The maximum atomic E-state index is 14.6. The SMILES string of the molecule is COc1ccc(-c2ccc(C(=O)N3CCCC(C(C)N)C3)c(F)c2)cc1.Cl.